The summed E-state index contributed by atoms with van der Waals surface area (Å²) in [5.41, 5.74) is 10.2. The second-order valence-corrected chi connectivity index (χ2v) is 12.1. The van der Waals surface area contributed by atoms with Crippen molar-refractivity contribution in [3.05, 3.63) is 163 Å². The minimum Gasteiger partial charge on any atom is -0.307 e. The van der Waals surface area contributed by atoms with Gasteiger partial charge in [0.25, 0.3) is 0 Å². The lowest BCUT2D eigenvalue weighted by molar-refractivity contribution is 1.08. The molecule has 0 aliphatic carbocycles. The lowest BCUT2D eigenvalue weighted by Gasteiger charge is -2.20. The Balaban J connectivity index is 1.55. The SMILES string of the molecule is N#Cc1cc(-n2c3ccccc3c3ccccc32)c(-n2c3ccccc3c3ccccc32)c2c1c1ccccc1n2-c1ccccc1. The first kappa shape index (κ1) is 25.7. The molecule has 0 saturated heterocycles. The van der Waals surface area contributed by atoms with E-state index in [-0.39, 0.29) is 0 Å². The molecule has 0 fully saturated rings. The predicted octanol–water partition coefficient (Wildman–Crippen LogP) is 10.8. The van der Waals surface area contributed by atoms with Gasteiger partial charge in [0, 0.05) is 38.0 Å². The molecule has 10 rings (SSSR count). The minimum atomic E-state index is 0.646. The van der Waals surface area contributed by atoms with Gasteiger partial charge in [-0.05, 0) is 48.5 Å². The number of nitrogens with zero attached hydrogens (tertiary/aromatic N) is 4. The summed E-state index contributed by atoms with van der Waals surface area (Å²) < 4.78 is 7.13. The molecule has 0 saturated carbocycles. The van der Waals surface area contributed by atoms with Gasteiger partial charge in [0.2, 0.25) is 0 Å². The van der Waals surface area contributed by atoms with E-state index in [1.807, 2.05) is 0 Å². The Morgan fingerprint density at radius 1 is 0.404 bits per heavy atom. The van der Waals surface area contributed by atoms with Crippen molar-refractivity contribution in [2.24, 2.45) is 0 Å². The lowest BCUT2D eigenvalue weighted by atomic mass is 10.0. The fourth-order valence-electron chi connectivity index (χ4n) is 7.81. The summed E-state index contributed by atoms with van der Waals surface area (Å²) >= 11 is 0. The van der Waals surface area contributed by atoms with Crippen LogP contribution in [0.3, 0.4) is 0 Å². The Kier molecular flexibility index (Phi) is 5.32. The molecular formula is C43H26N4. The maximum absolute atomic E-state index is 10.9. The van der Waals surface area contributed by atoms with Crippen molar-refractivity contribution in [3.63, 3.8) is 0 Å². The van der Waals surface area contributed by atoms with E-state index in [1.165, 1.54) is 21.5 Å². The number of nitriles is 1. The summed E-state index contributed by atoms with van der Waals surface area (Å²) in [4.78, 5) is 0. The molecule has 0 atom stereocenters. The molecule has 7 aromatic carbocycles. The highest BCUT2D eigenvalue weighted by Crippen LogP contribution is 2.45. The van der Waals surface area contributed by atoms with E-state index < -0.39 is 0 Å². The quantitative estimate of drug-likeness (QED) is 0.199. The molecule has 10 aromatic rings. The Hall–Kier alpha value is -6.57. The van der Waals surface area contributed by atoms with E-state index in [0.717, 1.165) is 60.9 Å². The van der Waals surface area contributed by atoms with Crippen LogP contribution >= 0.6 is 0 Å². The third-order valence-corrected chi connectivity index (χ3v) is 9.65. The monoisotopic (exact) mass is 598 g/mol. The van der Waals surface area contributed by atoms with Gasteiger partial charge in [-0.15, -0.1) is 0 Å². The molecule has 0 aliphatic heterocycles. The number of para-hydroxylation sites is 6. The van der Waals surface area contributed by atoms with Gasteiger partial charge >= 0.3 is 0 Å². The Bertz CT molecular complexity index is 2810. The summed E-state index contributed by atoms with van der Waals surface area (Å²) in [5, 5.41) is 17.7. The highest BCUT2D eigenvalue weighted by molar-refractivity contribution is 6.19. The average Bonchev–Trinajstić information content (AvgIpc) is 3.78. The molecule has 47 heavy (non-hydrogen) atoms. The Morgan fingerprint density at radius 2 is 0.809 bits per heavy atom. The van der Waals surface area contributed by atoms with Crippen molar-refractivity contribution in [1.29, 1.82) is 5.26 Å². The molecule has 3 aromatic heterocycles. The van der Waals surface area contributed by atoms with Gasteiger partial charge < -0.3 is 13.7 Å². The van der Waals surface area contributed by atoms with Crippen LogP contribution in [0.5, 0.6) is 0 Å². The van der Waals surface area contributed by atoms with Crippen molar-refractivity contribution >= 4 is 65.4 Å². The summed E-state index contributed by atoms with van der Waals surface area (Å²) in [6, 6.07) is 58.2. The van der Waals surface area contributed by atoms with Crippen molar-refractivity contribution < 1.29 is 0 Å². The van der Waals surface area contributed by atoms with E-state index in [9.17, 15) is 5.26 Å². The fourth-order valence-corrected chi connectivity index (χ4v) is 7.81. The summed E-state index contributed by atoms with van der Waals surface area (Å²) in [6.07, 6.45) is 0. The first-order valence-electron chi connectivity index (χ1n) is 15.9. The van der Waals surface area contributed by atoms with Crippen LogP contribution in [-0.2, 0) is 0 Å². The zero-order valence-corrected chi connectivity index (χ0v) is 25.3. The van der Waals surface area contributed by atoms with Gasteiger partial charge in [-0.2, -0.15) is 5.26 Å². The van der Waals surface area contributed by atoms with Gasteiger partial charge in [-0.25, -0.2) is 0 Å². The Morgan fingerprint density at radius 3 is 1.30 bits per heavy atom. The lowest BCUT2D eigenvalue weighted by Crippen LogP contribution is -2.08. The number of hydrogen-bond donors (Lipinski definition) is 0. The average molecular weight is 599 g/mol. The molecule has 0 bridgehead atoms. The summed E-state index contributed by atoms with van der Waals surface area (Å²) in [6.45, 7) is 0. The number of rotatable bonds is 3. The molecule has 0 unspecified atom stereocenters. The number of fused-ring (bicyclic) bond motifs is 9. The van der Waals surface area contributed by atoms with Crippen LogP contribution in [0, 0.1) is 11.3 Å². The van der Waals surface area contributed by atoms with Crippen LogP contribution in [0.15, 0.2) is 158 Å². The van der Waals surface area contributed by atoms with Crippen LogP contribution in [0.1, 0.15) is 5.56 Å². The number of benzene rings is 7. The molecule has 218 valence electrons. The number of aromatic nitrogens is 3. The molecule has 0 radical (unpaired) electrons. The second-order valence-electron chi connectivity index (χ2n) is 12.1. The first-order chi connectivity index (χ1) is 23.3. The van der Waals surface area contributed by atoms with Gasteiger partial charge in [-0.3, -0.25) is 0 Å². The molecule has 0 spiro atoms. The summed E-state index contributed by atoms with van der Waals surface area (Å²) in [5.74, 6) is 0. The van der Waals surface area contributed by atoms with Crippen LogP contribution in [0.4, 0.5) is 0 Å². The van der Waals surface area contributed by atoms with E-state index in [2.05, 4.69) is 177 Å². The van der Waals surface area contributed by atoms with Gasteiger partial charge in [0.15, 0.2) is 0 Å². The summed E-state index contributed by atoms with van der Waals surface area (Å²) in [7, 11) is 0. The minimum absolute atomic E-state index is 0.646. The van der Waals surface area contributed by atoms with E-state index in [1.54, 1.807) is 0 Å². The highest BCUT2D eigenvalue weighted by atomic mass is 15.1. The zero-order valence-electron chi connectivity index (χ0n) is 25.3. The fraction of sp³-hybridized carbons (Fsp3) is 0. The van der Waals surface area contributed by atoms with Crippen LogP contribution in [-0.4, -0.2) is 13.7 Å². The topological polar surface area (TPSA) is 38.6 Å². The molecule has 4 heteroatoms. The molecule has 0 aliphatic rings. The van der Waals surface area contributed by atoms with Gasteiger partial charge in [0.05, 0.1) is 56.1 Å². The van der Waals surface area contributed by atoms with Crippen molar-refractivity contribution in [2.45, 2.75) is 0 Å². The van der Waals surface area contributed by atoms with Gasteiger partial charge in [-0.1, -0.05) is 109 Å². The largest absolute Gasteiger partial charge is 0.307 e. The standard InChI is InChI=1S/C43H26N4/c44-27-28-26-40(46-35-21-9-4-16-30(35)31-17-5-10-22-36(31)46)42(47-37-23-11-6-18-32(37)33-19-7-12-24-38(33)47)43-41(28)34-20-8-13-25-39(34)45(43)29-14-2-1-3-15-29/h1-26H. The maximum atomic E-state index is 10.9. The molecule has 3 heterocycles. The third-order valence-electron chi connectivity index (χ3n) is 9.65. The van der Waals surface area contributed by atoms with Gasteiger partial charge in [0.1, 0.15) is 0 Å². The molecule has 0 amide bonds. The van der Waals surface area contributed by atoms with E-state index in [4.69, 9.17) is 0 Å². The van der Waals surface area contributed by atoms with Crippen LogP contribution < -0.4 is 0 Å². The predicted molar refractivity (Wildman–Crippen MR) is 194 cm³/mol. The molecule has 0 N–H and O–H groups in total. The first-order valence-corrected chi connectivity index (χ1v) is 15.9. The third kappa shape index (κ3) is 3.46. The smallest absolute Gasteiger partial charge is 0.0999 e. The highest BCUT2D eigenvalue weighted by Gasteiger charge is 2.27. The van der Waals surface area contributed by atoms with Crippen molar-refractivity contribution in [1.82, 2.24) is 13.7 Å². The molecule has 4 nitrogen and oxygen atoms in total. The Labute approximate surface area is 270 Å². The van der Waals surface area contributed by atoms with E-state index >= 15 is 0 Å². The number of hydrogen-bond acceptors (Lipinski definition) is 1. The van der Waals surface area contributed by atoms with E-state index in [0.29, 0.717) is 5.56 Å². The second kappa shape index (κ2) is 9.71. The zero-order chi connectivity index (χ0) is 31.1. The van der Waals surface area contributed by atoms with Crippen LogP contribution in [0.25, 0.3) is 82.5 Å². The van der Waals surface area contributed by atoms with Crippen LogP contribution in [0.2, 0.25) is 0 Å². The molecular weight excluding hydrogens is 573 g/mol. The maximum Gasteiger partial charge on any atom is 0.0999 e. The van der Waals surface area contributed by atoms with Crippen molar-refractivity contribution in [3.8, 4) is 23.1 Å². The van der Waals surface area contributed by atoms with Crippen molar-refractivity contribution in [2.75, 3.05) is 0 Å². The normalized spacial score (nSPS) is 11.8.